The highest BCUT2D eigenvalue weighted by atomic mass is 31.2. The number of carbonyl (C=O) groups is 4. The van der Waals surface area contributed by atoms with E-state index in [9.17, 15) is 43.2 Å². The van der Waals surface area contributed by atoms with Gasteiger partial charge in [-0.05, 0) is 43.4 Å². The SMILES string of the molecule is CCCCCCCCCCCCCCCC(=O)O[C@H](COC(=O)CCCCCCCCCCC(C)CC)COP(=O)(O)OC[C@H](O)COP(=O)(O)OC[C@@H](COC(=O)CCCCCCCCCCCCCCCCCCCCC(C)C)OC(=O)CCCCCCCCCCCCCCCCCCCCC(C)C. The third-order valence-corrected chi connectivity index (χ3v) is 22.9. The number of aliphatic hydroxyl groups excluding tert-OH is 1. The molecular weight excluding hydrogens is 1390 g/mol. The number of hydrogen-bond donors (Lipinski definition) is 3. The highest BCUT2D eigenvalue weighted by Gasteiger charge is 2.31. The molecule has 0 fully saturated rings. The standard InChI is InChI=1S/C88H172O17P2/c1-8-10-11-12-13-14-15-28-36-41-50-57-64-71-87(92)105-84(76-99-86(91)70-63-56-49-44-43-47-54-61-68-81(7)9-2)78-103-107(96,97)101-74-82(89)73-100-106(94,95)102-77-83(104-88(93)72-65-58-51-42-37-32-27-23-19-17-21-25-30-34-39-46-53-60-67-80(5)6)75-98-85(90)69-62-55-48-40-35-31-26-22-18-16-20-24-29-33-38-45-52-59-66-79(3)4/h79-84,89H,8-78H2,1-7H3,(H,94,95)(H,96,97)/t81?,82-,83-,84-/m1/s1. The van der Waals surface area contributed by atoms with Gasteiger partial charge in [0.05, 0.1) is 26.4 Å². The van der Waals surface area contributed by atoms with Crippen molar-refractivity contribution in [3.63, 3.8) is 0 Å². The second-order valence-corrected chi connectivity index (χ2v) is 35.7. The van der Waals surface area contributed by atoms with Gasteiger partial charge in [0.2, 0.25) is 0 Å². The zero-order chi connectivity index (χ0) is 78.6. The van der Waals surface area contributed by atoms with Crippen molar-refractivity contribution in [1.82, 2.24) is 0 Å². The number of aliphatic hydroxyl groups is 1. The zero-order valence-electron chi connectivity index (χ0n) is 70.6. The lowest BCUT2D eigenvalue weighted by molar-refractivity contribution is -0.161. The summed E-state index contributed by atoms with van der Waals surface area (Å²) in [7, 11) is -9.93. The minimum Gasteiger partial charge on any atom is -0.462 e. The molecule has 0 radical (unpaired) electrons. The number of unbranched alkanes of at least 4 members (excludes halogenated alkanes) is 53. The molecule has 17 nitrogen and oxygen atoms in total. The highest BCUT2D eigenvalue weighted by molar-refractivity contribution is 7.47. The van der Waals surface area contributed by atoms with Crippen molar-refractivity contribution in [2.75, 3.05) is 39.6 Å². The Kier molecular flexibility index (Phi) is 76.6. The van der Waals surface area contributed by atoms with Crippen LogP contribution in [0.4, 0.5) is 0 Å². The molecule has 107 heavy (non-hydrogen) atoms. The monoisotopic (exact) mass is 1560 g/mol. The first kappa shape index (κ1) is 105. The first-order valence-electron chi connectivity index (χ1n) is 45.4. The smallest absolute Gasteiger partial charge is 0.462 e. The van der Waals surface area contributed by atoms with E-state index in [0.717, 1.165) is 108 Å². The van der Waals surface area contributed by atoms with Gasteiger partial charge in [-0.15, -0.1) is 0 Å². The Morgan fingerprint density at radius 3 is 0.710 bits per heavy atom. The van der Waals surface area contributed by atoms with Gasteiger partial charge in [0.15, 0.2) is 12.2 Å². The minimum atomic E-state index is -4.97. The number of esters is 4. The molecule has 3 N–H and O–H groups in total. The number of ether oxygens (including phenoxy) is 4. The Morgan fingerprint density at radius 1 is 0.271 bits per heavy atom. The molecule has 0 aromatic rings. The van der Waals surface area contributed by atoms with Gasteiger partial charge in [-0.25, -0.2) is 9.13 Å². The van der Waals surface area contributed by atoms with E-state index in [-0.39, 0.29) is 25.7 Å². The van der Waals surface area contributed by atoms with Crippen molar-refractivity contribution in [2.24, 2.45) is 17.8 Å². The molecule has 0 amide bonds. The average Bonchev–Trinajstić information content (AvgIpc) is 0.904. The van der Waals surface area contributed by atoms with Gasteiger partial charge in [0, 0.05) is 25.7 Å². The van der Waals surface area contributed by atoms with Crippen molar-refractivity contribution >= 4 is 39.5 Å². The van der Waals surface area contributed by atoms with E-state index in [1.54, 1.807) is 0 Å². The average molecular weight is 1560 g/mol. The Morgan fingerprint density at radius 2 is 0.477 bits per heavy atom. The van der Waals surface area contributed by atoms with Crippen molar-refractivity contribution in [3.05, 3.63) is 0 Å². The first-order chi connectivity index (χ1) is 51.8. The predicted octanol–water partition coefficient (Wildman–Crippen LogP) is 26.9. The lowest BCUT2D eigenvalue weighted by atomic mass is 9.99. The summed E-state index contributed by atoms with van der Waals surface area (Å²) in [6.45, 7) is 12.1. The Labute approximate surface area is 658 Å². The number of phosphoric acid groups is 2. The summed E-state index contributed by atoms with van der Waals surface area (Å²) >= 11 is 0. The first-order valence-corrected chi connectivity index (χ1v) is 48.4. The van der Waals surface area contributed by atoms with Crippen molar-refractivity contribution in [2.45, 2.75) is 484 Å². The van der Waals surface area contributed by atoms with Crippen molar-refractivity contribution in [1.29, 1.82) is 0 Å². The summed E-state index contributed by atoms with van der Waals surface area (Å²) in [5.41, 5.74) is 0. The van der Waals surface area contributed by atoms with Gasteiger partial charge >= 0.3 is 39.5 Å². The largest absolute Gasteiger partial charge is 0.472 e. The Bertz CT molecular complexity index is 2060. The van der Waals surface area contributed by atoms with Crippen LogP contribution in [0, 0.1) is 17.8 Å². The number of carbonyl (C=O) groups excluding carboxylic acids is 4. The van der Waals surface area contributed by atoms with Crippen LogP contribution in [0.5, 0.6) is 0 Å². The number of hydrogen-bond acceptors (Lipinski definition) is 15. The fraction of sp³-hybridized carbons (Fsp3) is 0.955. The molecule has 0 saturated heterocycles. The van der Waals surface area contributed by atoms with Crippen molar-refractivity contribution in [3.8, 4) is 0 Å². The molecule has 0 aromatic heterocycles. The van der Waals surface area contributed by atoms with Gasteiger partial charge in [-0.2, -0.15) is 0 Å². The van der Waals surface area contributed by atoms with Gasteiger partial charge in [-0.1, -0.05) is 414 Å². The van der Waals surface area contributed by atoms with Crippen LogP contribution in [0.25, 0.3) is 0 Å². The molecule has 19 heteroatoms. The molecule has 0 aromatic carbocycles. The summed E-state index contributed by atoms with van der Waals surface area (Å²) < 4.78 is 68.9. The van der Waals surface area contributed by atoms with E-state index in [1.165, 1.54) is 276 Å². The molecule has 0 aliphatic rings. The third kappa shape index (κ3) is 80.5. The van der Waals surface area contributed by atoms with Crippen molar-refractivity contribution < 1.29 is 80.2 Å². The quantitative estimate of drug-likeness (QED) is 0.0222. The van der Waals surface area contributed by atoms with E-state index in [4.69, 9.17) is 37.0 Å². The van der Waals surface area contributed by atoms with E-state index in [2.05, 4.69) is 48.5 Å². The molecule has 636 valence electrons. The van der Waals surface area contributed by atoms with Crippen LogP contribution in [-0.4, -0.2) is 96.7 Å². The number of rotatable bonds is 86. The molecule has 0 aliphatic heterocycles. The fourth-order valence-corrected chi connectivity index (χ4v) is 15.3. The summed E-state index contributed by atoms with van der Waals surface area (Å²) in [4.78, 5) is 73.3. The molecule has 0 spiro atoms. The summed E-state index contributed by atoms with van der Waals surface area (Å²) in [6.07, 6.45) is 69.4. The van der Waals surface area contributed by atoms with Crippen LogP contribution in [0.3, 0.4) is 0 Å². The second kappa shape index (κ2) is 78.0. The lowest BCUT2D eigenvalue weighted by Gasteiger charge is -2.21. The third-order valence-electron chi connectivity index (χ3n) is 21.0. The van der Waals surface area contributed by atoms with E-state index in [1.807, 2.05) is 0 Å². The van der Waals surface area contributed by atoms with Crippen LogP contribution in [0.15, 0.2) is 0 Å². The molecule has 0 bridgehead atoms. The molecular formula is C88H172O17P2. The summed E-state index contributed by atoms with van der Waals surface area (Å²) in [5, 5.41) is 10.7. The van der Waals surface area contributed by atoms with Crippen LogP contribution in [-0.2, 0) is 65.4 Å². The maximum Gasteiger partial charge on any atom is 0.472 e. The molecule has 0 heterocycles. The normalized spacial score (nSPS) is 14.1. The Balaban J connectivity index is 5.23. The molecule has 6 atom stereocenters. The number of phosphoric ester groups is 2. The van der Waals surface area contributed by atoms with E-state index in [0.29, 0.717) is 25.7 Å². The highest BCUT2D eigenvalue weighted by Crippen LogP contribution is 2.45. The molecule has 3 unspecified atom stereocenters. The van der Waals surface area contributed by atoms with E-state index >= 15 is 0 Å². The minimum absolute atomic E-state index is 0.107. The van der Waals surface area contributed by atoms with Crippen LogP contribution in [0.2, 0.25) is 0 Å². The fourth-order valence-electron chi connectivity index (χ4n) is 13.7. The van der Waals surface area contributed by atoms with Crippen LogP contribution >= 0.6 is 15.6 Å². The topological polar surface area (TPSA) is 237 Å². The maximum absolute atomic E-state index is 13.2. The molecule has 0 rings (SSSR count). The summed E-state index contributed by atoms with van der Waals surface area (Å²) in [5.74, 6) is 0.320. The predicted molar refractivity (Wildman–Crippen MR) is 441 cm³/mol. The Hall–Kier alpha value is -1.94. The van der Waals surface area contributed by atoms with Crippen LogP contribution < -0.4 is 0 Å². The van der Waals surface area contributed by atoms with Gasteiger partial charge in [0.25, 0.3) is 0 Å². The maximum atomic E-state index is 13.2. The van der Waals surface area contributed by atoms with E-state index < -0.39 is 97.5 Å². The second-order valence-electron chi connectivity index (χ2n) is 32.8. The molecule has 0 saturated carbocycles. The zero-order valence-corrected chi connectivity index (χ0v) is 72.4. The van der Waals surface area contributed by atoms with Gasteiger partial charge in [-0.3, -0.25) is 37.3 Å². The lowest BCUT2D eigenvalue weighted by Crippen LogP contribution is -2.30. The molecule has 0 aliphatic carbocycles. The van der Waals surface area contributed by atoms with Crippen LogP contribution in [0.1, 0.15) is 466 Å². The van der Waals surface area contributed by atoms with Gasteiger partial charge in [0.1, 0.15) is 19.3 Å². The van der Waals surface area contributed by atoms with Gasteiger partial charge < -0.3 is 33.8 Å². The summed E-state index contributed by atoms with van der Waals surface area (Å²) in [6, 6.07) is 0.